The van der Waals surface area contributed by atoms with Gasteiger partial charge in [0.15, 0.2) is 5.11 Å². The Hall–Kier alpha value is -2.04. The van der Waals surface area contributed by atoms with E-state index in [0.29, 0.717) is 30.0 Å². The molecule has 0 radical (unpaired) electrons. The minimum atomic E-state index is -0.313. The van der Waals surface area contributed by atoms with Crippen molar-refractivity contribution in [3.8, 4) is 0 Å². The number of para-hydroxylation sites is 1. The van der Waals surface area contributed by atoms with Crippen molar-refractivity contribution >= 4 is 57.4 Å². The third-order valence-electron chi connectivity index (χ3n) is 3.67. The van der Waals surface area contributed by atoms with Gasteiger partial charge in [-0.05, 0) is 71.6 Å². The van der Waals surface area contributed by atoms with Crippen LogP contribution in [0.5, 0.6) is 0 Å². The molecule has 27 heavy (non-hydrogen) atoms. The number of methoxy groups -OCH3 is 1. The summed E-state index contributed by atoms with van der Waals surface area (Å²) in [4.78, 5) is 24.7. The first-order valence-electron chi connectivity index (χ1n) is 8.17. The summed E-state index contributed by atoms with van der Waals surface area (Å²) in [5, 5.41) is 8.42. The van der Waals surface area contributed by atoms with Crippen LogP contribution >= 0.6 is 34.8 Å². The zero-order valence-electron chi connectivity index (χ0n) is 15.0. The SMILES string of the molecule is COCCNC(=O)c1ccccc1NC(=S)NC(=O)c1ccc(C)c(I)c1. The van der Waals surface area contributed by atoms with Crippen molar-refractivity contribution in [2.45, 2.75) is 6.92 Å². The van der Waals surface area contributed by atoms with Gasteiger partial charge in [-0.15, -0.1) is 0 Å². The van der Waals surface area contributed by atoms with E-state index in [1.54, 1.807) is 43.5 Å². The van der Waals surface area contributed by atoms with Crippen molar-refractivity contribution in [2.24, 2.45) is 0 Å². The molecule has 0 aliphatic carbocycles. The van der Waals surface area contributed by atoms with E-state index < -0.39 is 0 Å². The molecule has 2 aromatic rings. The highest BCUT2D eigenvalue weighted by molar-refractivity contribution is 14.1. The van der Waals surface area contributed by atoms with Crippen LogP contribution in [-0.4, -0.2) is 37.2 Å². The van der Waals surface area contributed by atoms with Crippen LogP contribution in [0.2, 0.25) is 0 Å². The Labute approximate surface area is 177 Å². The minimum absolute atomic E-state index is 0.118. The number of rotatable bonds is 6. The van der Waals surface area contributed by atoms with Gasteiger partial charge in [0.2, 0.25) is 0 Å². The summed E-state index contributed by atoms with van der Waals surface area (Å²) in [6.45, 7) is 2.80. The molecule has 6 nitrogen and oxygen atoms in total. The maximum absolute atomic E-state index is 12.4. The molecule has 2 rings (SSSR count). The number of ether oxygens (including phenoxy) is 1. The van der Waals surface area contributed by atoms with E-state index >= 15 is 0 Å². The van der Waals surface area contributed by atoms with Crippen molar-refractivity contribution in [1.82, 2.24) is 10.6 Å². The first kappa shape index (κ1) is 21.3. The van der Waals surface area contributed by atoms with Crippen LogP contribution in [0.1, 0.15) is 26.3 Å². The van der Waals surface area contributed by atoms with E-state index in [1.165, 1.54) is 0 Å². The Bertz CT molecular complexity index is 858. The minimum Gasteiger partial charge on any atom is -0.383 e. The molecule has 8 heteroatoms. The molecule has 0 saturated heterocycles. The normalized spacial score (nSPS) is 10.2. The lowest BCUT2D eigenvalue weighted by Gasteiger charge is -2.14. The molecule has 0 aliphatic heterocycles. The van der Waals surface area contributed by atoms with Gasteiger partial charge < -0.3 is 15.4 Å². The van der Waals surface area contributed by atoms with Crippen LogP contribution in [0, 0.1) is 10.5 Å². The Morgan fingerprint density at radius 2 is 1.89 bits per heavy atom. The topological polar surface area (TPSA) is 79.5 Å². The molecule has 0 heterocycles. The number of aryl methyl sites for hydroxylation is 1. The fourth-order valence-electron chi connectivity index (χ4n) is 2.21. The van der Waals surface area contributed by atoms with Crippen LogP contribution < -0.4 is 16.0 Å². The molecule has 142 valence electrons. The van der Waals surface area contributed by atoms with Crippen molar-refractivity contribution in [2.75, 3.05) is 25.6 Å². The Morgan fingerprint density at radius 1 is 1.15 bits per heavy atom. The van der Waals surface area contributed by atoms with Crippen molar-refractivity contribution < 1.29 is 14.3 Å². The summed E-state index contributed by atoms with van der Waals surface area (Å²) in [6.07, 6.45) is 0. The van der Waals surface area contributed by atoms with Gasteiger partial charge in [-0.25, -0.2) is 0 Å². The zero-order valence-corrected chi connectivity index (χ0v) is 17.9. The summed E-state index contributed by atoms with van der Waals surface area (Å²) in [6, 6.07) is 12.4. The first-order chi connectivity index (χ1) is 12.9. The van der Waals surface area contributed by atoms with Crippen LogP contribution in [0.25, 0.3) is 0 Å². The van der Waals surface area contributed by atoms with Crippen molar-refractivity contribution in [3.05, 3.63) is 62.7 Å². The smallest absolute Gasteiger partial charge is 0.257 e. The third kappa shape index (κ3) is 6.26. The predicted molar refractivity (Wildman–Crippen MR) is 118 cm³/mol. The van der Waals surface area contributed by atoms with E-state index in [9.17, 15) is 9.59 Å². The lowest BCUT2D eigenvalue weighted by Crippen LogP contribution is -2.35. The molecule has 0 bridgehead atoms. The summed E-state index contributed by atoms with van der Waals surface area (Å²) in [7, 11) is 1.57. The van der Waals surface area contributed by atoms with Gasteiger partial charge in [0.1, 0.15) is 0 Å². The number of hydrogen-bond donors (Lipinski definition) is 3. The molecular weight excluding hydrogens is 477 g/mol. The average molecular weight is 497 g/mol. The molecule has 0 aliphatic rings. The molecule has 0 spiro atoms. The third-order valence-corrected chi connectivity index (χ3v) is 5.04. The van der Waals surface area contributed by atoms with Gasteiger partial charge in [0, 0.05) is 22.8 Å². The molecule has 0 atom stereocenters. The highest BCUT2D eigenvalue weighted by Gasteiger charge is 2.13. The standard InChI is InChI=1S/C19H20IN3O3S/c1-12-7-8-13(11-15(12)20)17(24)23-19(27)22-16-6-4-3-5-14(16)18(25)21-9-10-26-2/h3-8,11H,9-10H2,1-2H3,(H,21,25)(H2,22,23,24,27). The highest BCUT2D eigenvalue weighted by Crippen LogP contribution is 2.16. The number of hydrogen-bond acceptors (Lipinski definition) is 4. The average Bonchev–Trinajstić information content (AvgIpc) is 2.64. The summed E-state index contributed by atoms with van der Waals surface area (Å²) in [5.74, 6) is -0.565. The molecule has 3 N–H and O–H groups in total. The molecule has 2 amide bonds. The molecule has 0 fully saturated rings. The molecule has 0 saturated carbocycles. The number of halogens is 1. The van der Waals surface area contributed by atoms with Gasteiger partial charge in [0.25, 0.3) is 11.8 Å². The lowest BCUT2D eigenvalue weighted by molar-refractivity contribution is 0.0937. The van der Waals surface area contributed by atoms with E-state index in [-0.39, 0.29) is 16.9 Å². The second-order valence-corrected chi connectivity index (χ2v) is 7.24. The van der Waals surface area contributed by atoms with Gasteiger partial charge >= 0.3 is 0 Å². The summed E-state index contributed by atoms with van der Waals surface area (Å²) >= 11 is 7.41. The largest absolute Gasteiger partial charge is 0.383 e. The highest BCUT2D eigenvalue weighted by atomic mass is 127. The maximum Gasteiger partial charge on any atom is 0.257 e. The summed E-state index contributed by atoms with van der Waals surface area (Å²) < 4.78 is 5.92. The Morgan fingerprint density at radius 3 is 2.59 bits per heavy atom. The number of amides is 2. The number of carbonyl (C=O) groups is 2. The van der Waals surface area contributed by atoms with Crippen LogP contribution in [0.15, 0.2) is 42.5 Å². The van der Waals surface area contributed by atoms with E-state index in [1.807, 2.05) is 13.0 Å². The first-order valence-corrected chi connectivity index (χ1v) is 9.65. The molecular formula is C19H20IN3O3S. The molecule has 0 unspecified atom stereocenters. The lowest BCUT2D eigenvalue weighted by atomic mass is 10.1. The van der Waals surface area contributed by atoms with E-state index in [0.717, 1.165) is 9.13 Å². The van der Waals surface area contributed by atoms with Crippen LogP contribution in [-0.2, 0) is 4.74 Å². The Balaban J connectivity index is 2.04. The quantitative estimate of drug-likeness (QED) is 0.325. The van der Waals surface area contributed by atoms with Gasteiger partial charge in [0.05, 0.1) is 17.9 Å². The number of benzene rings is 2. The molecule has 2 aromatic carbocycles. The number of thiocarbonyl (C=S) groups is 1. The maximum atomic E-state index is 12.4. The number of anilines is 1. The van der Waals surface area contributed by atoms with E-state index in [4.69, 9.17) is 17.0 Å². The number of carbonyl (C=O) groups excluding carboxylic acids is 2. The van der Waals surface area contributed by atoms with Gasteiger partial charge in [-0.1, -0.05) is 18.2 Å². The summed E-state index contributed by atoms with van der Waals surface area (Å²) in [5.41, 5.74) is 2.55. The second kappa shape index (κ2) is 10.3. The van der Waals surface area contributed by atoms with Gasteiger partial charge in [-0.3, -0.25) is 14.9 Å². The fraction of sp³-hybridized carbons (Fsp3) is 0.211. The second-order valence-electron chi connectivity index (χ2n) is 5.67. The predicted octanol–water partition coefficient (Wildman–Crippen LogP) is 3.10. The van der Waals surface area contributed by atoms with Gasteiger partial charge in [-0.2, -0.15) is 0 Å². The Kier molecular flexibility index (Phi) is 8.14. The fourth-order valence-corrected chi connectivity index (χ4v) is 2.93. The number of nitrogens with one attached hydrogen (secondary N) is 3. The van der Waals surface area contributed by atoms with Crippen LogP contribution in [0.3, 0.4) is 0 Å². The van der Waals surface area contributed by atoms with Crippen molar-refractivity contribution in [3.63, 3.8) is 0 Å². The molecule has 0 aromatic heterocycles. The van der Waals surface area contributed by atoms with E-state index in [2.05, 4.69) is 38.5 Å². The zero-order chi connectivity index (χ0) is 19.8. The van der Waals surface area contributed by atoms with Crippen molar-refractivity contribution in [1.29, 1.82) is 0 Å². The van der Waals surface area contributed by atoms with Crippen LogP contribution in [0.4, 0.5) is 5.69 Å². The monoisotopic (exact) mass is 497 g/mol.